The van der Waals surface area contributed by atoms with Gasteiger partial charge in [0.05, 0.1) is 42.0 Å². The molecule has 6 fully saturated rings. The van der Waals surface area contributed by atoms with Gasteiger partial charge in [0.15, 0.2) is 5.60 Å². The second kappa shape index (κ2) is 19.5. The number of unbranched alkanes of at least 4 members (excludes halogenated alkanes) is 5. The SMILES string of the molecule is CC/C=C\C/C=C\C/C=C\CCCCCCCC(=O)O[C@@]12[C@@H]3C4N(CC)C[C@]5(COC)[C@H](O)C[C@H](OC)[C@]4([C@@H]5[C@H]3OC)[C@]3(O)C[C@@](O)([C@H](OC(=O)c4ccccc4)[C@H]13)[C@@H](OC)[C@@H]2O. The fourth-order valence-corrected chi connectivity index (χ4v) is 14.2. The minimum absolute atomic E-state index is 0.0454. The topological polar surface area (TPSA) is 174 Å². The van der Waals surface area contributed by atoms with E-state index in [1.165, 1.54) is 7.11 Å². The molecule has 1 aliphatic heterocycles. The number of nitrogens with zero attached hydrogens (tertiary/aromatic N) is 1. The molecule has 0 aromatic heterocycles. The van der Waals surface area contributed by atoms with Crippen LogP contribution < -0.4 is 0 Å². The third kappa shape index (κ3) is 7.40. The van der Waals surface area contributed by atoms with E-state index in [1.54, 1.807) is 51.7 Å². The molecule has 1 aromatic carbocycles. The largest absolute Gasteiger partial charge is 0.455 e. The number of hydrogen-bond donors (Lipinski definition) is 4. The molecule has 5 saturated carbocycles. The van der Waals surface area contributed by atoms with Gasteiger partial charge in [0, 0.05) is 83.0 Å². The molecule has 0 radical (unpaired) electrons. The van der Waals surface area contributed by atoms with E-state index < -0.39 is 106 Å². The summed E-state index contributed by atoms with van der Waals surface area (Å²) in [6.07, 6.45) is 14.0. The maximum Gasteiger partial charge on any atom is 0.338 e. The Hall–Kier alpha value is -2.98. The van der Waals surface area contributed by atoms with Crippen LogP contribution in [0.2, 0.25) is 0 Å². The Balaban J connectivity index is 1.23. The van der Waals surface area contributed by atoms with Gasteiger partial charge in [0.25, 0.3) is 0 Å². The zero-order valence-corrected chi connectivity index (χ0v) is 38.2. The van der Waals surface area contributed by atoms with E-state index in [0.717, 1.165) is 51.4 Å². The first-order chi connectivity index (χ1) is 30.4. The number of carbonyl (C=O) groups excluding carboxylic acids is 2. The molecule has 6 aliphatic rings. The smallest absolute Gasteiger partial charge is 0.338 e. The van der Waals surface area contributed by atoms with Gasteiger partial charge < -0.3 is 48.8 Å². The van der Waals surface area contributed by atoms with Gasteiger partial charge in [-0.3, -0.25) is 9.69 Å². The predicted octanol–water partition coefficient (Wildman–Crippen LogP) is 5.33. The van der Waals surface area contributed by atoms with Gasteiger partial charge in [-0.1, -0.05) is 87.8 Å². The van der Waals surface area contributed by atoms with Gasteiger partial charge in [0.1, 0.15) is 23.9 Å². The number of benzene rings is 1. The fraction of sp³-hybridized carbons (Fsp3) is 0.720. The van der Waals surface area contributed by atoms with Crippen LogP contribution in [0.25, 0.3) is 0 Å². The van der Waals surface area contributed by atoms with Crippen LogP contribution in [0.4, 0.5) is 0 Å². The van der Waals surface area contributed by atoms with E-state index in [0.29, 0.717) is 19.5 Å². The first-order valence-electron chi connectivity index (χ1n) is 23.4. The summed E-state index contributed by atoms with van der Waals surface area (Å²) in [5, 5.41) is 52.6. The quantitative estimate of drug-likeness (QED) is 0.0670. The number of allylic oxidation sites excluding steroid dienone is 6. The standard InChI is InChI=1S/C50H73NO12/c1-7-9-10-11-12-13-14-15-16-17-18-19-20-21-25-28-36(53)63-50-37-38(60-5)39-46(32-58-3)31-51(8-2)41(37)49(39,35(59-4)29-34(46)52)48(57)30-47(56,44(61-6)42(50)54)43(40(48)50)62-45(55)33-26-23-22-24-27-33/h9-10,12-13,15-16,22-24,26-27,34-35,37-44,52,54,56-57H,7-8,11,14,17-21,25,28-32H2,1-6H3/b10-9-,13-12-,16-15-/t34-,35+,37+,38+,39-,40+,41?,42+,43-,44+,46+,47-,48+,49-,50+/m1/s1. The second-order valence-electron chi connectivity index (χ2n) is 19.1. The Kier molecular flexibility index (Phi) is 14.8. The number of piperidine rings is 1. The molecule has 0 amide bonds. The number of hydrogen-bond acceptors (Lipinski definition) is 13. The summed E-state index contributed by atoms with van der Waals surface area (Å²) in [6.45, 7) is 5.09. The number of fused-ring (bicyclic) bond motifs is 2. The number of likely N-dealkylation sites (tertiary alicyclic amines) is 1. The van der Waals surface area contributed by atoms with Crippen LogP contribution in [0, 0.1) is 28.6 Å². The summed E-state index contributed by atoms with van der Waals surface area (Å²) in [5.74, 6) is -4.22. The summed E-state index contributed by atoms with van der Waals surface area (Å²) in [5.41, 5.74) is -8.27. The van der Waals surface area contributed by atoms with Gasteiger partial charge in [-0.25, -0.2) is 4.79 Å². The van der Waals surface area contributed by atoms with Gasteiger partial charge in [-0.2, -0.15) is 0 Å². The summed E-state index contributed by atoms with van der Waals surface area (Å²) >= 11 is 0. The molecule has 1 aromatic rings. The number of carbonyl (C=O) groups is 2. The van der Waals surface area contributed by atoms with Crippen LogP contribution in [-0.4, -0.2) is 145 Å². The van der Waals surface area contributed by atoms with Crippen LogP contribution >= 0.6 is 0 Å². The lowest BCUT2D eigenvalue weighted by atomic mass is 9.40. The van der Waals surface area contributed by atoms with Crippen LogP contribution in [0.1, 0.15) is 101 Å². The first-order valence-corrected chi connectivity index (χ1v) is 23.4. The molecule has 7 rings (SSSR count). The lowest BCUT2D eigenvalue weighted by molar-refractivity contribution is -0.355. The average Bonchev–Trinajstić information content (AvgIpc) is 3.63. The molecule has 1 heterocycles. The summed E-state index contributed by atoms with van der Waals surface area (Å²) in [4.78, 5) is 30.9. The number of aliphatic hydroxyl groups excluding tert-OH is 2. The van der Waals surface area contributed by atoms with Gasteiger partial charge >= 0.3 is 11.9 Å². The molecule has 4 N–H and O–H groups in total. The maximum atomic E-state index is 14.6. The summed E-state index contributed by atoms with van der Waals surface area (Å²) in [7, 11) is 6.06. The van der Waals surface area contributed by atoms with E-state index >= 15 is 0 Å². The molecule has 13 heteroatoms. The molecule has 13 nitrogen and oxygen atoms in total. The zero-order chi connectivity index (χ0) is 45.2. The van der Waals surface area contributed by atoms with Crippen LogP contribution in [-0.2, 0) is 33.2 Å². The van der Waals surface area contributed by atoms with E-state index in [-0.39, 0.29) is 25.0 Å². The number of rotatable bonds is 22. The lowest BCUT2D eigenvalue weighted by Crippen LogP contribution is -2.85. The Morgan fingerprint density at radius 1 is 0.825 bits per heavy atom. The van der Waals surface area contributed by atoms with Crippen molar-refractivity contribution >= 4 is 11.9 Å². The molecule has 7 bridgehead atoms. The van der Waals surface area contributed by atoms with E-state index in [4.69, 9.17) is 28.4 Å². The van der Waals surface area contributed by atoms with Crippen LogP contribution in [0.3, 0.4) is 0 Å². The molecule has 350 valence electrons. The molecular weight excluding hydrogens is 807 g/mol. The minimum Gasteiger partial charge on any atom is -0.455 e. The van der Waals surface area contributed by atoms with Crippen molar-refractivity contribution in [3.05, 3.63) is 72.4 Å². The predicted molar refractivity (Wildman–Crippen MR) is 236 cm³/mol. The van der Waals surface area contributed by atoms with Crippen molar-refractivity contribution in [2.24, 2.45) is 28.6 Å². The highest BCUT2D eigenvalue weighted by molar-refractivity contribution is 5.89. The van der Waals surface area contributed by atoms with E-state index in [2.05, 4.69) is 48.3 Å². The normalized spacial score (nSPS) is 41.2. The summed E-state index contributed by atoms with van der Waals surface area (Å²) < 4.78 is 38.2. The lowest BCUT2D eigenvalue weighted by Gasteiger charge is -2.72. The highest BCUT2D eigenvalue weighted by atomic mass is 16.6. The van der Waals surface area contributed by atoms with Crippen molar-refractivity contribution in [1.29, 1.82) is 0 Å². The van der Waals surface area contributed by atoms with Crippen molar-refractivity contribution < 1.29 is 58.4 Å². The molecule has 1 spiro atoms. The highest BCUT2D eigenvalue weighted by Gasteiger charge is 2.96. The highest BCUT2D eigenvalue weighted by Crippen LogP contribution is 2.82. The Morgan fingerprint density at radius 3 is 2.16 bits per heavy atom. The maximum absolute atomic E-state index is 14.6. The Bertz CT molecular complexity index is 1820. The van der Waals surface area contributed by atoms with E-state index in [1.807, 2.05) is 6.92 Å². The number of ether oxygens (including phenoxy) is 6. The average molecular weight is 880 g/mol. The molecule has 63 heavy (non-hydrogen) atoms. The second-order valence-corrected chi connectivity index (χ2v) is 19.1. The third-order valence-corrected chi connectivity index (χ3v) is 16.2. The number of aliphatic hydroxyl groups is 4. The molecule has 15 atom stereocenters. The number of methoxy groups -OCH3 is 4. The monoisotopic (exact) mass is 880 g/mol. The minimum atomic E-state index is -2.14. The van der Waals surface area contributed by atoms with Crippen LogP contribution in [0.5, 0.6) is 0 Å². The molecule has 1 saturated heterocycles. The van der Waals surface area contributed by atoms with Gasteiger partial charge in [-0.05, 0) is 57.2 Å². The fourth-order valence-electron chi connectivity index (χ4n) is 14.2. The number of esters is 2. The van der Waals surface area contributed by atoms with Gasteiger partial charge in [-0.15, -0.1) is 0 Å². The third-order valence-electron chi connectivity index (χ3n) is 16.2. The molecule has 1 unspecified atom stereocenters. The van der Waals surface area contributed by atoms with Gasteiger partial charge in [0.2, 0.25) is 0 Å². The molecular formula is C50H73NO12. The molecule has 5 aliphatic carbocycles. The van der Waals surface area contributed by atoms with Crippen LogP contribution in [0.15, 0.2) is 66.8 Å². The van der Waals surface area contributed by atoms with Crippen molar-refractivity contribution in [2.75, 3.05) is 48.1 Å². The van der Waals surface area contributed by atoms with Crippen molar-refractivity contribution in [1.82, 2.24) is 4.90 Å². The first kappa shape index (κ1) is 48.0. The van der Waals surface area contributed by atoms with Crippen molar-refractivity contribution in [2.45, 2.75) is 150 Å². The van der Waals surface area contributed by atoms with E-state index in [9.17, 15) is 30.0 Å². The Labute approximate surface area is 373 Å². The van der Waals surface area contributed by atoms with Crippen molar-refractivity contribution in [3.63, 3.8) is 0 Å². The zero-order valence-electron chi connectivity index (χ0n) is 38.2. The summed E-state index contributed by atoms with van der Waals surface area (Å²) in [6, 6.07) is 7.74. The van der Waals surface area contributed by atoms with Crippen molar-refractivity contribution in [3.8, 4) is 0 Å². The Morgan fingerprint density at radius 2 is 1.51 bits per heavy atom.